The number of halogens is 1. The van der Waals surface area contributed by atoms with Crippen LogP contribution in [-0.4, -0.2) is 9.97 Å². The molecule has 0 spiro atoms. The third-order valence-electron chi connectivity index (χ3n) is 2.78. The number of nitrogens with one attached hydrogen (secondary N) is 1. The maximum absolute atomic E-state index is 5.79. The normalized spacial score (nSPS) is 10.4. The van der Waals surface area contributed by atoms with Gasteiger partial charge in [-0.25, -0.2) is 4.98 Å². The van der Waals surface area contributed by atoms with Crippen molar-refractivity contribution in [1.29, 1.82) is 0 Å². The van der Waals surface area contributed by atoms with Crippen LogP contribution in [0.15, 0.2) is 24.4 Å². The molecule has 1 aromatic carbocycles. The van der Waals surface area contributed by atoms with Crippen molar-refractivity contribution in [3.63, 3.8) is 0 Å². The molecule has 3 N–H and O–H groups in total. The minimum atomic E-state index is 0.175. The van der Waals surface area contributed by atoms with Gasteiger partial charge in [-0.2, -0.15) is 4.98 Å². The predicted molar refractivity (Wildman–Crippen MR) is 75.3 cm³/mol. The quantitative estimate of drug-likeness (QED) is 0.833. The van der Waals surface area contributed by atoms with Gasteiger partial charge in [0.05, 0.1) is 11.9 Å². The van der Waals surface area contributed by atoms with Gasteiger partial charge in [0.25, 0.3) is 0 Å². The van der Waals surface area contributed by atoms with Crippen LogP contribution in [0.25, 0.3) is 0 Å². The molecule has 0 saturated carbocycles. The molecule has 0 aliphatic heterocycles. The van der Waals surface area contributed by atoms with Crippen molar-refractivity contribution in [1.82, 2.24) is 9.97 Å². The van der Waals surface area contributed by atoms with Crippen molar-refractivity contribution in [2.24, 2.45) is 0 Å². The van der Waals surface area contributed by atoms with Gasteiger partial charge in [0.2, 0.25) is 5.28 Å². The topological polar surface area (TPSA) is 63.8 Å². The lowest BCUT2D eigenvalue weighted by Crippen LogP contribution is -2.01. The Labute approximate surface area is 111 Å². The Kier molecular flexibility index (Phi) is 3.67. The number of aryl methyl sites for hydroxylation is 2. The molecule has 0 aliphatic carbocycles. The van der Waals surface area contributed by atoms with Crippen molar-refractivity contribution in [2.45, 2.75) is 20.3 Å². The second-order valence-corrected chi connectivity index (χ2v) is 4.40. The van der Waals surface area contributed by atoms with Gasteiger partial charge in [-0.3, -0.25) is 0 Å². The van der Waals surface area contributed by atoms with E-state index < -0.39 is 0 Å². The largest absolute Gasteiger partial charge is 0.394 e. The molecule has 0 unspecified atom stereocenters. The number of hydrogen-bond donors (Lipinski definition) is 2. The molecule has 0 amide bonds. The van der Waals surface area contributed by atoms with Crippen molar-refractivity contribution in [3.05, 3.63) is 40.8 Å². The summed E-state index contributed by atoms with van der Waals surface area (Å²) < 4.78 is 0. The van der Waals surface area contributed by atoms with Crippen molar-refractivity contribution >= 4 is 28.8 Å². The number of nitrogens with zero attached hydrogens (tertiary/aromatic N) is 2. The van der Waals surface area contributed by atoms with Gasteiger partial charge in [-0.05, 0) is 48.2 Å². The van der Waals surface area contributed by atoms with Gasteiger partial charge in [0.15, 0.2) is 5.82 Å². The third-order valence-corrected chi connectivity index (χ3v) is 2.96. The molecule has 0 radical (unpaired) electrons. The van der Waals surface area contributed by atoms with Gasteiger partial charge in [-0.15, -0.1) is 0 Å². The summed E-state index contributed by atoms with van der Waals surface area (Å²) in [6.45, 7) is 4.22. The molecule has 0 atom stereocenters. The summed E-state index contributed by atoms with van der Waals surface area (Å²) in [5, 5.41) is 3.33. The van der Waals surface area contributed by atoms with Gasteiger partial charge in [0, 0.05) is 5.69 Å². The molecule has 0 fully saturated rings. The number of benzene rings is 1. The molecule has 94 valence electrons. The molecule has 5 heteroatoms. The molecule has 0 aliphatic rings. The Bertz CT molecular complexity index is 569. The number of nitrogen functional groups attached to an aromatic ring is 1. The second-order valence-electron chi connectivity index (χ2n) is 4.06. The van der Waals surface area contributed by atoms with E-state index >= 15 is 0 Å². The van der Waals surface area contributed by atoms with E-state index in [-0.39, 0.29) is 5.28 Å². The summed E-state index contributed by atoms with van der Waals surface area (Å²) in [4.78, 5) is 7.88. The average Bonchev–Trinajstić information content (AvgIpc) is 2.36. The molecule has 1 heterocycles. The number of anilines is 3. The zero-order valence-electron chi connectivity index (χ0n) is 10.4. The van der Waals surface area contributed by atoms with Crippen LogP contribution in [-0.2, 0) is 6.42 Å². The van der Waals surface area contributed by atoms with Crippen molar-refractivity contribution in [2.75, 3.05) is 11.1 Å². The number of nitrogens with two attached hydrogens (primary N) is 1. The van der Waals surface area contributed by atoms with Crippen LogP contribution in [0.3, 0.4) is 0 Å². The van der Waals surface area contributed by atoms with E-state index in [0.717, 1.165) is 12.1 Å². The minimum absolute atomic E-state index is 0.175. The van der Waals surface area contributed by atoms with Gasteiger partial charge in [0.1, 0.15) is 0 Å². The maximum atomic E-state index is 5.79. The monoisotopic (exact) mass is 262 g/mol. The van der Waals surface area contributed by atoms with Gasteiger partial charge < -0.3 is 11.1 Å². The molecule has 18 heavy (non-hydrogen) atoms. The zero-order valence-corrected chi connectivity index (χ0v) is 11.1. The average molecular weight is 263 g/mol. The summed E-state index contributed by atoms with van der Waals surface area (Å²) >= 11 is 5.75. The fourth-order valence-corrected chi connectivity index (χ4v) is 1.87. The summed E-state index contributed by atoms with van der Waals surface area (Å²) in [6.07, 6.45) is 2.48. The van der Waals surface area contributed by atoms with Crippen LogP contribution < -0.4 is 11.1 Å². The fraction of sp³-hybridized carbons (Fsp3) is 0.231. The van der Waals surface area contributed by atoms with Crippen molar-refractivity contribution in [3.8, 4) is 0 Å². The van der Waals surface area contributed by atoms with E-state index in [0.29, 0.717) is 11.5 Å². The Morgan fingerprint density at radius 1 is 1.39 bits per heavy atom. The highest BCUT2D eigenvalue weighted by Gasteiger charge is 2.05. The van der Waals surface area contributed by atoms with Crippen LogP contribution in [0.1, 0.15) is 18.1 Å². The first-order chi connectivity index (χ1) is 8.60. The summed E-state index contributed by atoms with van der Waals surface area (Å²) in [6, 6.07) is 6.15. The van der Waals surface area contributed by atoms with Crippen LogP contribution >= 0.6 is 11.6 Å². The summed E-state index contributed by atoms with van der Waals surface area (Å²) in [7, 11) is 0. The number of aromatic nitrogens is 2. The smallest absolute Gasteiger partial charge is 0.224 e. The van der Waals surface area contributed by atoms with E-state index in [1.165, 1.54) is 17.3 Å². The van der Waals surface area contributed by atoms with Crippen LogP contribution in [0.5, 0.6) is 0 Å². The van der Waals surface area contributed by atoms with Crippen LogP contribution in [0.2, 0.25) is 5.28 Å². The van der Waals surface area contributed by atoms with Gasteiger partial charge >= 0.3 is 0 Å². The molecular weight excluding hydrogens is 248 g/mol. The highest BCUT2D eigenvalue weighted by Crippen LogP contribution is 2.23. The highest BCUT2D eigenvalue weighted by atomic mass is 35.5. The number of hydrogen-bond acceptors (Lipinski definition) is 4. The van der Waals surface area contributed by atoms with Gasteiger partial charge in [-0.1, -0.05) is 13.0 Å². The molecule has 0 bridgehead atoms. The first-order valence-corrected chi connectivity index (χ1v) is 6.12. The van der Waals surface area contributed by atoms with E-state index in [1.807, 2.05) is 6.07 Å². The van der Waals surface area contributed by atoms with E-state index in [4.69, 9.17) is 17.3 Å². The maximum Gasteiger partial charge on any atom is 0.224 e. The lowest BCUT2D eigenvalue weighted by atomic mass is 10.1. The van der Waals surface area contributed by atoms with Crippen LogP contribution in [0, 0.1) is 6.92 Å². The molecule has 2 rings (SSSR count). The summed E-state index contributed by atoms with van der Waals surface area (Å²) in [5.41, 5.74) is 9.77. The first-order valence-electron chi connectivity index (χ1n) is 5.74. The van der Waals surface area contributed by atoms with Crippen LogP contribution in [0.4, 0.5) is 17.2 Å². The SMILES string of the molecule is CCc1cc(Nc2nc(Cl)ncc2N)ccc1C. The van der Waals surface area contributed by atoms with E-state index in [1.54, 1.807) is 0 Å². The van der Waals surface area contributed by atoms with Crippen molar-refractivity contribution < 1.29 is 0 Å². The fourth-order valence-electron chi connectivity index (χ4n) is 1.74. The third kappa shape index (κ3) is 2.71. The lowest BCUT2D eigenvalue weighted by Gasteiger charge is -2.10. The Balaban J connectivity index is 2.31. The number of rotatable bonds is 3. The molecule has 4 nitrogen and oxygen atoms in total. The minimum Gasteiger partial charge on any atom is -0.394 e. The molecular formula is C13H15ClN4. The molecule has 0 saturated heterocycles. The molecule has 1 aromatic heterocycles. The Morgan fingerprint density at radius 2 is 2.17 bits per heavy atom. The van der Waals surface area contributed by atoms with E-state index in [9.17, 15) is 0 Å². The first kappa shape index (κ1) is 12.6. The summed E-state index contributed by atoms with van der Waals surface area (Å²) in [5.74, 6) is 0.529. The second kappa shape index (κ2) is 5.23. The zero-order chi connectivity index (χ0) is 13.1. The Hall–Kier alpha value is -1.81. The highest BCUT2D eigenvalue weighted by molar-refractivity contribution is 6.28. The molecule has 2 aromatic rings. The van der Waals surface area contributed by atoms with E-state index in [2.05, 4.69) is 41.3 Å². The predicted octanol–water partition coefficient (Wildman–Crippen LogP) is 3.33. The Morgan fingerprint density at radius 3 is 2.89 bits per heavy atom. The standard InChI is InChI=1S/C13H15ClN4/c1-3-9-6-10(5-4-8(9)2)17-12-11(15)7-16-13(14)18-12/h4-7H,3,15H2,1-2H3,(H,16,17,18). The lowest BCUT2D eigenvalue weighted by molar-refractivity contribution is 1.11.